The van der Waals surface area contributed by atoms with Crippen LogP contribution in [0.4, 0.5) is 0 Å². The van der Waals surface area contributed by atoms with Crippen LogP contribution in [0.25, 0.3) is 0 Å². The molecule has 0 amide bonds. The molecule has 94 valence electrons. The van der Waals surface area contributed by atoms with Gasteiger partial charge in [-0.25, -0.2) is 0 Å². The minimum atomic E-state index is 0.496. The van der Waals surface area contributed by atoms with E-state index in [0.717, 1.165) is 6.04 Å². The van der Waals surface area contributed by atoms with Crippen molar-refractivity contribution in [1.29, 1.82) is 0 Å². The third-order valence-electron chi connectivity index (χ3n) is 5.31. The molecule has 16 heavy (non-hydrogen) atoms. The van der Waals surface area contributed by atoms with Gasteiger partial charge in [-0.1, -0.05) is 34.6 Å². The zero-order valence-corrected chi connectivity index (χ0v) is 11.6. The van der Waals surface area contributed by atoms with Crippen molar-refractivity contribution < 1.29 is 0 Å². The fourth-order valence-electron chi connectivity index (χ4n) is 3.61. The molecule has 2 heteroatoms. The first-order valence-electron chi connectivity index (χ1n) is 6.88. The molecule has 1 unspecified atom stereocenters. The molecule has 2 rings (SSSR count). The van der Waals surface area contributed by atoms with E-state index in [0.29, 0.717) is 16.9 Å². The number of hydrogen-bond acceptors (Lipinski definition) is 2. The summed E-state index contributed by atoms with van der Waals surface area (Å²) in [5.74, 6) is 0. The van der Waals surface area contributed by atoms with Gasteiger partial charge in [0.05, 0.1) is 0 Å². The first-order valence-corrected chi connectivity index (χ1v) is 6.88. The average molecular weight is 224 g/mol. The largest absolute Gasteiger partial charge is 0.313 e. The highest BCUT2D eigenvalue weighted by atomic mass is 15.3. The van der Waals surface area contributed by atoms with E-state index in [-0.39, 0.29) is 0 Å². The molecular weight excluding hydrogens is 196 g/mol. The van der Waals surface area contributed by atoms with Gasteiger partial charge >= 0.3 is 0 Å². The zero-order chi connectivity index (χ0) is 12.0. The highest BCUT2D eigenvalue weighted by Gasteiger charge is 2.66. The normalized spacial score (nSPS) is 34.7. The molecule has 0 aromatic heterocycles. The molecule has 1 atom stereocenters. The van der Waals surface area contributed by atoms with Gasteiger partial charge in [0.25, 0.3) is 0 Å². The second kappa shape index (κ2) is 3.99. The van der Waals surface area contributed by atoms with E-state index in [1.54, 1.807) is 0 Å². The second-order valence-corrected chi connectivity index (χ2v) is 6.75. The van der Waals surface area contributed by atoms with Gasteiger partial charge in [-0.3, -0.25) is 4.90 Å². The van der Waals surface area contributed by atoms with Crippen molar-refractivity contribution in [3.8, 4) is 0 Å². The lowest BCUT2D eigenvalue weighted by Crippen LogP contribution is -2.39. The van der Waals surface area contributed by atoms with Crippen LogP contribution in [0.5, 0.6) is 0 Å². The van der Waals surface area contributed by atoms with E-state index in [9.17, 15) is 0 Å². The minimum Gasteiger partial charge on any atom is -0.313 e. The second-order valence-electron chi connectivity index (χ2n) is 6.75. The van der Waals surface area contributed by atoms with Crippen LogP contribution in [0.1, 0.15) is 47.5 Å². The summed E-state index contributed by atoms with van der Waals surface area (Å²) in [5.41, 5.74) is 0.991. The van der Waals surface area contributed by atoms with E-state index in [2.05, 4.69) is 44.8 Å². The van der Waals surface area contributed by atoms with E-state index in [1.165, 1.54) is 32.5 Å². The van der Waals surface area contributed by atoms with Crippen molar-refractivity contribution in [3.63, 3.8) is 0 Å². The molecular formula is C14H28N2. The molecule has 0 aromatic carbocycles. The Morgan fingerprint density at radius 1 is 1.19 bits per heavy atom. The van der Waals surface area contributed by atoms with Gasteiger partial charge in [0.1, 0.15) is 0 Å². The Morgan fingerprint density at radius 3 is 2.31 bits per heavy atom. The molecule has 1 saturated carbocycles. The Kier molecular flexibility index (Phi) is 3.09. The molecule has 0 radical (unpaired) electrons. The number of rotatable bonds is 2. The lowest BCUT2D eigenvalue weighted by atomic mass is 10.0. The summed E-state index contributed by atoms with van der Waals surface area (Å²) in [4.78, 5) is 2.74. The Hall–Kier alpha value is -0.0800. The monoisotopic (exact) mass is 224 g/mol. The SMILES string of the molecule is CCC1CN(C2C(C)(C)C2(C)C)CCCN1. The van der Waals surface area contributed by atoms with Gasteiger partial charge in [-0.2, -0.15) is 0 Å². The lowest BCUT2D eigenvalue weighted by Gasteiger charge is -2.26. The van der Waals surface area contributed by atoms with E-state index >= 15 is 0 Å². The van der Waals surface area contributed by atoms with Crippen molar-refractivity contribution in [2.24, 2.45) is 10.8 Å². The van der Waals surface area contributed by atoms with Crippen molar-refractivity contribution >= 4 is 0 Å². The number of nitrogens with one attached hydrogen (secondary N) is 1. The van der Waals surface area contributed by atoms with E-state index < -0.39 is 0 Å². The molecule has 1 heterocycles. The van der Waals surface area contributed by atoms with Crippen molar-refractivity contribution in [1.82, 2.24) is 10.2 Å². The maximum Gasteiger partial charge on any atom is 0.0210 e. The third kappa shape index (κ3) is 1.80. The number of nitrogens with zero attached hydrogens (tertiary/aromatic N) is 1. The highest BCUT2D eigenvalue weighted by Crippen LogP contribution is 2.65. The summed E-state index contributed by atoms with van der Waals surface area (Å²) in [6.07, 6.45) is 2.56. The standard InChI is InChI=1S/C14H28N2/c1-6-11-10-16(9-7-8-15-11)12-13(2,3)14(12,4)5/h11-12,15H,6-10H2,1-5H3. The fraction of sp³-hybridized carbons (Fsp3) is 1.00. The summed E-state index contributed by atoms with van der Waals surface area (Å²) in [7, 11) is 0. The molecule has 1 N–H and O–H groups in total. The van der Waals surface area contributed by atoms with Crippen LogP contribution in [0.15, 0.2) is 0 Å². The van der Waals surface area contributed by atoms with Crippen LogP contribution in [-0.4, -0.2) is 36.6 Å². The van der Waals surface area contributed by atoms with E-state index in [4.69, 9.17) is 0 Å². The van der Waals surface area contributed by atoms with Crippen LogP contribution in [0.2, 0.25) is 0 Å². The van der Waals surface area contributed by atoms with Gasteiger partial charge in [-0.15, -0.1) is 0 Å². The third-order valence-corrected chi connectivity index (χ3v) is 5.31. The van der Waals surface area contributed by atoms with Crippen LogP contribution in [0.3, 0.4) is 0 Å². The Balaban J connectivity index is 2.04. The van der Waals surface area contributed by atoms with Gasteiger partial charge in [0.15, 0.2) is 0 Å². The highest BCUT2D eigenvalue weighted by molar-refractivity contribution is 5.18. The van der Waals surface area contributed by atoms with Crippen LogP contribution in [-0.2, 0) is 0 Å². The van der Waals surface area contributed by atoms with Crippen molar-refractivity contribution in [2.45, 2.75) is 59.5 Å². The Labute approximate surface area is 101 Å². The fourth-order valence-corrected chi connectivity index (χ4v) is 3.61. The van der Waals surface area contributed by atoms with Gasteiger partial charge in [0.2, 0.25) is 0 Å². The van der Waals surface area contributed by atoms with Crippen molar-refractivity contribution in [3.05, 3.63) is 0 Å². The molecule has 1 aliphatic carbocycles. The van der Waals surface area contributed by atoms with Crippen LogP contribution >= 0.6 is 0 Å². The average Bonchev–Trinajstić information content (AvgIpc) is 2.72. The molecule has 2 nitrogen and oxygen atoms in total. The van der Waals surface area contributed by atoms with Crippen LogP contribution in [0, 0.1) is 10.8 Å². The molecule has 1 saturated heterocycles. The Morgan fingerprint density at radius 2 is 1.81 bits per heavy atom. The predicted molar refractivity (Wildman–Crippen MR) is 69.6 cm³/mol. The molecule has 0 spiro atoms. The Bertz CT molecular complexity index is 243. The lowest BCUT2D eigenvalue weighted by molar-refractivity contribution is 0.219. The van der Waals surface area contributed by atoms with E-state index in [1.807, 2.05) is 0 Å². The molecule has 0 bridgehead atoms. The smallest absolute Gasteiger partial charge is 0.0210 e. The topological polar surface area (TPSA) is 15.3 Å². The first-order chi connectivity index (χ1) is 7.41. The van der Waals surface area contributed by atoms with Crippen molar-refractivity contribution in [2.75, 3.05) is 19.6 Å². The van der Waals surface area contributed by atoms with Gasteiger partial charge in [0, 0.05) is 18.6 Å². The predicted octanol–water partition coefficient (Wildman–Crippen LogP) is 2.49. The minimum absolute atomic E-state index is 0.496. The molecule has 2 fully saturated rings. The van der Waals surface area contributed by atoms with Gasteiger partial charge in [-0.05, 0) is 36.8 Å². The summed E-state index contributed by atoms with van der Waals surface area (Å²) in [5, 5.41) is 3.66. The summed E-state index contributed by atoms with van der Waals surface area (Å²) in [6, 6.07) is 1.49. The quantitative estimate of drug-likeness (QED) is 0.775. The van der Waals surface area contributed by atoms with Gasteiger partial charge < -0.3 is 5.32 Å². The zero-order valence-electron chi connectivity index (χ0n) is 11.6. The summed E-state index contributed by atoms with van der Waals surface area (Å²) in [6.45, 7) is 15.7. The summed E-state index contributed by atoms with van der Waals surface area (Å²) < 4.78 is 0. The molecule has 1 aliphatic heterocycles. The first kappa shape index (κ1) is 12.4. The van der Waals surface area contributed by atoms with Crippen LogP contribution < -0.4 is 5.32 Å². The maximum absolute atomic E-state index is 3.66. The number of hydrogen-bond donors (Lipinski definition) is 1. The maximum atomic E-state index is 3.66. The molecule has 2 aliphatic rings. The summed E-state index contributed by atoms with van der Waals surface area (Å²) >= 11 is 0. The molecule has 0 aromatic rings.